The summed E-state index contributed by atoms with van der Waals surface area (Å²) >= 11 is 0. The first-order valence-corrected chi connectivity index (χ1v) is 5.82. The molecule has 94 valence electrons. The molecule has 0 saturated carbocycles. The van der Waals surface area contributed by atoms with Crippen molar-refractivity contribution in [2.45, 2.75) is 26.2 Å². The standard InChI is InChI=1S/C14H16N2O2/c1-14(2,3)12-10(15-13(18)16-12)11(17)9-7-5-4-6-8-9/h4-8H,1-3H3,(H2,15,16,18). The molecule has 1 heterocycles. The normalized spacial score (nSPS) is 11.5. The lowest BCUT2D eigenvalue weighted by Crippen LogP contribution is -2.17. The van der Waals surface area contributed by atoms with Gasteiger partial charge in [0, 0.05) is 11.0 Å². The number of aromatic amines is 2. The van der Waals surface area contributed by atoms with Crippen LogP contribution in [-0.2, 0) is 5.41 Å². The molecule has 2 aromatic rings. The Morgan fingerprint density at radius 2 is 1.67 bits per heavy atom. The molecule has 1 aromatic carbocycles. The number of H-pyrrole nitrogens is 2. The molecule has 2 N–H and O–H groups in total. The molecular weight excluding hydrogens is 228 g/mol. The van der Waals surface area contributed by atoms with E-state index >= 15 is 0 Å². The van der Waals surface area contributed by atoms with Crippen LogP contribution in [0.3, 0.4) is 0 Å². The van der Waals surface area contributed by atoms with Crippen molar-refractivity contribution >= 4 is 5.78 Å². The molecule has 1 aromatic heterocycles. The number of hydrogen-bond donors (Lipinski definition) is 2. The van der Waals surface area contributed by atoms with Crippen LogP contribution in [0.5, 0.6) is 0 Å². The van der Waals surface area contributed by atoms with Crippen molar-refractivity contribution < 1.29 is 4.79 Å². The third-order valence-electron chi connectivity index (χ3n) is 2.74. The van der Waals surface area contributed by atoms with E-state index in [0.29, 0.717) is 17.0 Å². The van der Waals surface area contributed by atoms with E-state index in [1.165, 1.54) is 0 Å². The molecule has 4 heteroatoms. The van der Waals surface area contributed by atoms with Crippen molar-refractivity contribution in [2.75, 3.05) is 0 Å². The second-order valence-electron chi connectivity index (χ2n) is 5.27. The lowest BCUT2D eigenvalue weighted by Gasteiger charge is -2.17. The van der Waals surface area contributed by atoms with Gasteiger partial charge in [0.2, 0.25) is 5.78 Å². The number of ketones is 1. The van der Waals surface area contributed by atoms with E-state index in [9.17, 15) is 9.59 Å². The van der Waals surface area contributed by atoms with Crippen LogP contribution >= 0.6 is 0 Å². The second kappa shape index (κ2) is 4.29. The number of rotatable bonds is 2. The fourth-order valence-corrected chi connectivity index (χ4v) is 1.85. The largest absolute Gasteiger partial charge is 0.323 e. The van der Waals surface area contributed by atoms with Crippen molar-refractivity contribution in [3.05, 3.63) is 57.8 Å². The summed E-state index contributed by atoms with van der Waals surface area (Å²) in [5.41, 5.74) is 0.913. The van der Waals surface area contributed by atoms with E-state index in [4.69, 9.17) is 0 Å². The lowest BCUT2D eigenvalue weighted by atomic mass is 9.89. The zero-order valence-corrected chi connectivity index (χ0v) is 10.7. The van der Waals surface area contributed by atoms with E-state index in [2.05, 4.69) is 9.97 Å². The molecule has 0 aliphatic heterocycles. The average molecular weight is 244 g/mol. The summed E-state index contributed by atoms with van der Waals surface area (Å²) in [6.07, 6.45) is 0. The molecule has 0 atom stereocenters. The minimum absolute atomic E-state index is 0.168. The van der Waals surface area contributed by atoms with Crippen LogP contribution in [0.1, 0.15) is 42.5 Å². The van der Waals surface area contributed by atoms with Gasteiger partial charge in [-0.25, -0.2) is 4.79 Å². The highest BCUT2D eigenvalue weighted by Gasteiger charge is 2.25. The lowest BCUT2D eigenvalue weighted by molar-refractivity contribution is 0.103. The first-order valence-electron chi connectivity index (χ1n) is 5.82. The first-order chi connectivity index (χ1) is 8.39. The molecule has 0 aliphatic carbocycles. The predicted octanol–water partition coefficient (Wildman–Crippen LogP) is 2.23. The van der Waals surface area contributed by atoms with E-state index in [1.54, 1.807) is 24.3 Å². The molecule has 0 fully saturated rings. The minimum atomic E-state index is -0.348. The van der Waals surface area contributed by atoms with Gasteiger partial charge in [-0.3, -0.25) is 4.79 Å². The smallest absolute Gasteiger partial charge is 0.309 e. The van der Waals surface area contributed by atoms with Gasteiger partial charge in [-0.15, -0.1) is 0 Å². The Bertz CT molecular complexity index is 615. The second-order valence-corrected chi connectivity index (χ2v) is 5.27. The van der Waals surface area contributed by atoms with E-state index < -0.39 is 0 Å². The predicted molar refractivity (Wildman–Crippen MR) is 70.0 cm³/mol. The molecule has 4 nitrogen and oxygen atoms in total. The van der Waals surface area contributed by atoms with Crippen molar-refractivity contribution in [1.82, 2.24) is 9.97 Å². The van der Waals surface area contributed by atoms with Gasteiger partial charge in [-0.05, 0) is 0 Å². The summed E-state index contributed by atoms with van der Waals surface area (Å²) in [5, 5.41) is 0. The number of aromatic nitrogens is 2. The van der Waals surface area contributed by atoms with Crippen molar-refractivity contribution in [3.63, 3.8) is 0 Å². The molecule has 0 bridgehead atoms. The molecule has 0 spiro atoms. The quantitative estimate of drug-likeness (QED) is 0.795. The maximum Gasteiger partial charge on any atom is 0.323 e. The Hall–Kier alpha value is -2.10. The summed E-state index contributed by atoms with van der Waals surface area (Å²) in [6.45, 7) is 5.86. The topological polar surface area (TPSA) is 65.7 Å². The van der Waals surface area contributed by atoms with Gasteiger partial charge < -0.3 is 9.97 Å². The van der Waals surface area contributed by atoms with Crippen molar-refractivity contribution in [1.29, 1.82) is 0 Å². The van der Waals surface area contributed by atoms with Crippen LogP contribution in [0, 0.1) is 0 Å². The Kier molecular flexibility index (Phi) is 2.95. The van der Waals surface area contributed by atoms with Gasteiger partial charge in [0.25, 0.3) is 0 Å². The molecule has 0 aliphatic rings. The van der Waals surface area contributed by atoms with Crippen LogP contribution in [0.25, 0.3) is 0 Å². The third-order valence-corrected chi connectivity index (χ3v) is 2.74. The zero-order valence-electron chi connectivity index (χ0n) is 10.7. The average Bonchev–Trinajstić information content (AvgIpc) is 2.71. The molecule has 0 amide bonds. The van der Waals surface area contributed by atoms with Gasteiger partial charge in [0.15, 0.2) is 0 Å². The monoisotopic (exact) mass is 244 g/mol. The number of carbonyl (C=O) groups excluding carboxylic acids is 1. The van der Waals surface area contributed by atoms with Crippen LogP contribution in [0.2, 0.25) is 0 Å². The number of imidazole rings is 1. The zero-order chi connectivity index (χ0) is 13.3. The van der Waals surface area contributed by atoms with Crippen molar-refractivity contribution in [3.8, 4) is 0 Å². The SMILES string of the molecule is CC(C)(C)c1[nH]c(=O)[nH]c1C(=O)c1ccccc1. The maximum atomic E-state index is 12.3. The number of nitrogens with one attached hydrogen (secondary N) is 2. The van der Waals surface area contributed by atoms with Crippen LogP contribution in [0.4, 0.5) is 0 Å². The number of carbonyl (C=O) groups is 1. The number of benzene rings is 1. The Balaban J connectivity index is 2.53. The van der Waals surface area contributed by atoms with Gasteiger partial charge >= 0.3 is 5.69 Å². The summed E-state index contributed by atoms with van der Waals surface area (Å²) in [6, 6.07) is 8.92. The fourth-order valence-electron chi connectivity index (χ4n) is 1.85. The highest BCUT2D eigenvalue weighted by Crippen LogP contribution is 2.23. The summed E-state index contributed by atoms with van der Waals surface area (Å²) in [7, 11) is 0. The fraction of sp³-hybridized carbons (Fsp3) is 0.286. The third kappa shape index (κ3) is 2.27. The van der Waals surface area contributed by atoms with Gasteiger partial charge in [0.1, 0.15) is 5.69 Å². The van der Waals surface area contributed by atoms with Gasteiger partial charge in [-0.1, -0.05) is 51.1 Å². The van der Waals surface area contributed by atoms with Crippen LogP contribution in [0.15, 0.2) is 35.1 Å². The van der Waals surface area contributed by atoms with Crippen LogP contribution < -0.4 is 5.69 Å². The van der Waals surface area contributed by atoms with Crippen LogP contribution in [-0.4, -0.2) is 15.8 Å². The molecule has 2 rings (SSSR count). The van der Waals surface area contributed by atoms with E-state index in [0.717, 1.165) is 0 Å². The summed E-state index contributed by atoms with van der Waals surface area (Å²) in [5.74, 6) is -0.168. The van der Waals surface area contributed by atoms with Gasteiger partial charge in [-0.2, -0.15) is 0 Å². The van der Waals surface area contributed by atoms with E-state index in [1.807, 2.05) is 26.8 Å². The highest BCUT2D eigenvalue weighted by molar-refractivity contribution is 6.08. The molecule has 0 radical (unpaired) electrons. The highest BCUT2D eigenvalue weighted by atomic mass is 16.1. The molecule has 0 saturated heterocycles. The molecular formula is C14H16N2O2. The Labute approximate surface area is 105 Å². The van der Waals surface area contributed by atoms with E-state index in [-0.39, 0.29) is 16.9 Å². The van der Waals surface area contributed by atoms with Crippen molar-refractivity contribution in [2.24, 2.45) is 0 Å². The Morgan fingerprint density at radius 1 is 1.06 bits per heavy atom. The molecule has 18 heavy (non-hydrogen) atoms. The van der Waals surface area contributed by atoms with Gasteiger partial charge in [0.05, 0.1) is 5.69 Å². The Morgan fingerprint density at radius 3 is 2.22 bits per heavy atom. The number of hydrogen-bond acceptors (Lipinski definition) is 2. The summed E-state index contributed by atoms with van der Waals surface area (Å²) in [4.78, 5) is 29.1. The maximum absolute atomic E-state index is 12.3. The first kappa shape index (κ1) is 12.4. The molecule has 0 unspecified atom stereocenters. The summed E-state index contributed by atoms with van der Waals surface area (Å²) < 4.78 is 0. The minimum Gasteiger partial charge on any atom is -0.309 e.